The van der Waals surface area contributed by atoms with Crippen molar-refractivity contribution in [2.24, 2.45) is 5.92 Å². The fourth-order valence-corrected chi connectivity index (χ4v) is 9.35. The van der Waals surface area contributed by atoms with Gasteiger partial charge in [-0.05, 0) is 87.6 Å². The van der Waals surface area contributed by atoms with Crippen LogP contribution in [0.2, 0.25) is 0 Å². The van der Waals surface area contributed by atoms with Gasteiger partial charge in [0.1, 0.15) is 11.0 Å². The number of hydrogen-bond acceptors (Lipinski definition) is 5. The molecule has 0 spiro atoms. The van der Waals surface area contributed by atoms with E-state index >= 15 is 0 Å². The van der Waals surface area contributed by atoms with Gasteiger partial charge in [-0.1, -0.05) is 89.3 Å². The Morgan fingerprint density at radius 3 is 2.00 bits per heavy atom. The fraction of sp³-hybridized carbons (Fsp3) is 0.556. The minimum atomic E-state index is 0.766. The minimum Gasteiger partial charge on any atom is -0.172 e. The van der Waals surface area contributed by atoms with Crippen LogP contribution < -0.4 is 0 Å². The molecule has 41 heavy (non-hydrogen) atoms. The first kappa shape index (κ1) is 30.6. The Hall–Kier alpha value is -1.82. The van der Waals surface area contributed by atoms with Gasteiger partial charge in [0.2, 0.25) is 0 Å². The van der Waals surface area contributed by atoms with Crippen LogP contribution in [-0.4, -0.2) is 8.75 Å². The third-order valence-electron chi connectivity index (χ3n) is 9.02. The van der Waals surface area contributed by atoms with E-state index in [0.717, 1.165) is 17.0 Å². The van der Waals surface area contributed by atoms with Gasteiger partial charge in [-0.25, -0.2) is 0 Å². The number of thiophene rings is 2. The highest BCUT2D eigenvalue weighted by Gasteiger charge is 2.20. The lowest BCUT2D eigenvalue weighted by Crippen LogP contribution is -2.07. The molecule has 0 atom stereocenters. The first-order valence-corrected chi connectivity index (χ1v) is 18.6. The van der Waals surface area contributed by atoms with Crippen molar-refractivity contribution in [3.8, 4) is 20.9 Å². The molecule has 0 amide bonds. The summed E-state index contributed by atoms with van der Waals surface area (Å²) in [7, 11) is 0. The fourth-order valence-electron chi connectivity index (χ4n) is 6.43. The molecule has 5 heteroatoms. The molecule has 1 fully saturated rings. The summed E-state index contributed by atoms with van der Waals surface area (Å²) in [5.41, 5.74) is 9.26. The molecule has 220 valence electrons. The Kier molecular flexibility index (Phi) is 11.3. The van der Waals surface area contributed by atoms with Crippen molar-refractivity contribution in [1.82, 2.24) is 8.75 Å². The average molecular weight is 605 g/mol. The number of rotatable bonds is 14. The van der Waals surface area contributed by atoms with Crippen LogP contribution >= 0.6 is 34.4 Å². The summed E-state index contributed by atoms with van der Waals surface area (Å²) in [6, 6.07) is 9.54. The molecular weight excluding hydrogens is 557 g/mol. The summed E-state index contributed by atoms with van der Waals surface area (Å²) < 4.78 is 9.71. The van der Waals surface area contributed by atoms with E-state index in [4.69, 9.17) is 8.75 Å². The van der Waals surface area contributed by atoms with Crippen molar-refractivity contribution in [2.75, 3.05) is 0 Å². The molecule has 1 aliphatic carbocycles. The molecule has 0 saturated heterocycles. The van der Waals surface area contributed by atoms with Crippen LogP contribution in [0.15, 0.2) is 29.8 Å². The van der Waals surface area contributed by atoms with Crippen molar-refractivity contribution < 1.29 is 0 Å². The van der Waals surface area contributed by atoms with E-state index in [9.17, 15) is 0 Å². The molecule has 0 aliphatic heterocycles. The van der Waals surface area contributed by atoms with Gasteiger partial charge in [0.25, 0.3) is 0 Å². The molecule has 2 nitrogen and oxygen atoms in total. The standard InChI is InChI=1S/C36H48N2S3/c1-5-7-9-12-18-28-23-33(39-26(28)4)30-20-21-31(36-35(30)37-41-38-36)34-24-29(19-13-10-8-6-2)32(40-34)22-25(3)27-16-14-11-15-17-27/h20-24,27H,5-19H2,1-4H3. The molecule has 1 saturated carbocycles. The molecule has 3 aromatic heterocycles. The van der Waals surface area contributed by atoms with Crippen LogP contribution in [0.3, 0.4) is 0 Å². The van der Waals surface area contributed by atoms with Crippen LogP contribution in [0.5, 0.6) is 0 Å². The van der Waals surface area contributed by atoms with Crippen LogP contribution in [0.4, 0.5) is 0 Å². The van der Waals surface area contributed by atoms with Gasteiger partial charge in [-0.2, -0.15) is 8.75 Å². The monoisotopic (exact) mass is 604 g/mol. The lowest BCUT2D eigenvalue weighted by atomic mass is 9.84. The second-order valence-corrected chi connectivity index (χ2v) is 15.0. The van der Waals surface area contributed by atoms with E-state index in [-0.39, 0.29) is 0 Å². The zero-order valence-corrected chi connectivity index (χ0v) is 28.1. The Balaban J connectivity index is 1.45. The summed E-state index contributed by atoms with van der Waals surface area (Å²) in [6.45, 7) is 9.25. The quantitative estimate of drug-likeness (QED) is 0.134. The van der Waals surface area contributed by atoms with Crippen molar-refractivity contribution in [2.45, 2.75) is 124 Å². The molecule has 0 radical (unpaired) electrons. The van der Waals surface area contributed by atoms with Gasteiger partial charge in [0, 0.05) is 30.6 Å². The molecule has 4 aromatic rings. The van der Waals surface area contributed by atoms with Gasteiger partial charge in [-0.3, -0.25) is 0 Å². The van der Waals surface area contributed by atoms with Gasteiger partial charge in [0.15, 0.2) is 0 Å². The summed E-state index contributed by atoms with van der Waals surface area (Å²) in [4.78, 5) is 5.61. The lowest BCUT2D eigenvalue weighted by Gasteiger charge is -2.22. The number of aryl methyl sites for hydroxylation is 3. The molecule has 3 heterocycles. The van der Waals surface area contributed by atoms with Crippen molar-refractivity contribution in [1.29, 1.82) is 0 Å². The maximum absolute atomic E-state index is 4.87. The number of benzene rings is 1. The van der Waals surface area contributed by atoms with Gasteiger partial charge in [-0.15, -0.1) is 22.7 Å². The molecule has 5 rings (SSSR count). The maximum Gasteiger partial charge on any atom is 0.114 e. The Morgan fingerprint density at radius 1 is 0.780 bits per heavy atom. The molecular formula is C36H48N2S3. The normalized spacial score (nSPS) is 14.9. The Morgan fingerprint density at radius 2 is 1.37 bits per heavy atom. The van der Waals surface area contributed by atoms with Gasteiger partial charge >= 0.3 is 0 Å². The van der Waals surface area contributed by atoms with E-state index in [0.29, 0.717) is 0 Å². The number of hydrogen-bond donors (Lipinski definition) is 0. The number of nitrogens with zero attached hydrogens (tertiary/aromatic N) is 2. The van der Waals surface area contributed by atoms with E-state index < -0.39 is 0 Å². The molecule has 1 aliphatic rings. The second-order valence-electron chi connectivity index (χ2n) is 12.2. The molecule has 0 bridgehead atoms. The van der Waals surface area contributed by atoms with Gasteiger partial charge in [0.05, 0.1) is 11.7 Å². The first-order chi connectivity index (χ1) is 20.1. The predicted molar refractivity (Wildman–Crippen MR) is 185 cm³/mol. The predicted octanol–water partition coefficient (Wildman–Crippen LogP) is 12.7. The number of aromatic nitrogens is 2. The third-order valence-corrected chi connectivity index (χ3v) is 11.8. The summed E-state index contributed by atoms with van der Waals surface area (Å²) >= 11 is 5.25. The van der Waals surface area contributed by atoms with Crippen LogP contribution in [0.1, 0.15) is 125 Å². The van der Waals surface area contributed by atoms with Crippen molar-refractivity contribution in [3.05, 3.63) is 50.7 Å². The Labute approximate surface area is 260 Å². The smallest absolute Gasteiger partial charge is 0.114 e. The van der Waals surface area contributed by atoms with Crippen LogP contribution in [0.25, 0.3) is 38.0 Å². The zero-order valence-electron chi connectivity index (χ0n) is 25.7. The third kappa shape index (κ3) is 7.58. The SMILES string of the molecule is CCCCCCc1cc(-c2ccc(-c3cc(CCCCCC)c(C=C(C)C4CCCCC4)s3)c3nsnc23)sc1C. The number of unbranched alkanes of at least 4 members (excludes halogenated alkanes) is 6. The summed E-state index contributed by atoms with van der Waals surface area (Å²) in [5.74, 6) is 0.766. The Bertz CT molecular complexity index is 1430. The highest BCUT2D eigenvalue weighted by atomic mass is 32.1. The largest absolute Gasteiger partial charge is 0.172 e. The van der Waals surface area contributed by atoms with Crippen molar-refractivity contribution >= 4 is 51.5 Å². The van der Waals surface area contributed by atoms with E-state index in [1.807, 2.05) is 22.7 Å². The highest BCUT2D eigenvalue weighted by molar-refractivity contribution is 7.16. The summed E-state index contributed by atoms with van der Waals surface area (Å²) in [5, 5.41) is 0. The number of fused-ring (bicyclic) bond motifs is 1. The highest BCUT2D eigenvalue weighted by Crippen LogP contribution is 2.42. The average Bonchev–Trinajstić information content (AvgIpc) is 3.72. The first-order valence-electron chi connectivity index (χ1n) is 16.2. The van der Waals surface area contributed by atoms with Crippen LogP contribution in [0, 0.1) is 12.8 Å². The van der Waals surface area contributed by atoms with E-state index in [2.05, 4.69) is 58.0 Å². The zero-order chi connectivity index (χ0) is 28.6. The maximum atomic E-state index is 4.87. The molecule has 0 N–H and O–H groups in total. The van der Waals surface area contributed by atoms with Gasteiger partial charge < -0.3 is 0 Å². The second kappa shape index (κ2) is 15.1. The molecule has 1 aromatic carbocycles. The lowest BCUT2D eigenvalue weighted by molar-refractivity contribution is 0.404. The van der Waals surface area contributed by atoms with E-state index in [1.165, 1.54) is 150 Å². The van der Waals surface area contributed by atoms with E-state index in [1.54, 1.807) is 5.57 Å². The van der Waals surface area contributed by atoms with Crippen LogP contribution in [-0.2, 0) is 12.8 Å². The number of allylic oxidation sites excluding steroid dienone is 1. The van der Waals surface area contributed by atoms with Crippen molar-refractivity contribution in [3.63, 3.8) is 0 Å². The topological polar surface area (TPSA) is 25.8 Å². The molecule has 0 unspecified atom stereocenters. The minimum absolute atomic E-state index is 0.766. The summed E-state index contributed by atoms with van der Waals surface area (Å²) in [6.07, 6.45) is 22.3.